The fourth-order valence-electron chi connectivity index (χ4n) is 4.43. The van der Waals surface area contributed by atoms with Crippen LogP contribution in [0, 0.1) is 5.82 Å². The average Bonchev–Trinajstić information content (AvgIpc) is 3.05. The second-order valence-corrected chi connectivity index (χ2v) is 11.2. The predicted molar refractivity (Wildman–Crippen MR) is 164 cm³/mol. The maximum absolute atomic E-state index is 14.5. The lowest BCUT2D eigenvalue weighted by Crippen LogP contribution is -2.54. The third-order valence-corrected chi connectivity index (χ3v) is 7.25. The van der Waals surface area contributed by atoms with Crippen molar-refractivity contribution in [3.8, 4) is 22.6 Å². The van der Waals surface area contributed by atoms with Gasteiger partial charge < -0.3 is 18.9 Å². The minimum absolute atomic E-state index is 0.164. The van der Waals surface area contributed by atoms with Crippen molar-refractivity contribution >= 4 is 11.9 Å². The van der Waals surface area contributed by atoms with Crippen molar-refractivity contribution in [1.29, 1.82) is 0 Å². The third kappa shape index (κ3) is 11.2. The molecule has 14 heteroatoms. The molecule has 0 aliphatic carbocycles. The van der Waals surface area contributed by atoms with Gasteiger partial charge in [-0.1, -0.05) is 50.5 Å². The van der Waals surface area contributed by atoms with Crippen molar-refractivity contribution in [3.05, 3.63) is 83.7 Å². The van der Waals surface area contributed by atoms with E-state index < -0.39 is 49.0 Å². The Morgan fingerprint density at radius 2 is 1.35 bits per heavy atom. The first-order chi connectivity index (χ1) is 23.1. The van der Waals surface area contributed by atoms with Crippen molar-refractivity contribution in [2.75, 3.05) is 19.8 Å². The summed E-state index contributed by atoms with van der Waals surface area (Å²) < 4.78 is 123. The first-order valence-corrected chi connectivity index (χ1v) is 15.5. The number of alkyl halides is 7. The summed E-state index contributed by atoms with van der Waals surface area (Å²) in [7, 11) is 0. The van der Waals surface area contributed by atoms with Crippen LogP contribution in [0.1, 0.15) is 73.1 Å². The van der Waals surface area contributed by atoms with Crippen LogP contribution in [0.3, 0.4) is 0 Å². The van der Waals surface area contributed by atoms with Crippen molar-refractivity contribution in [1.82, 2.24) is 0 Å². The molecule has 1 atom stereocenters. The summed E-state index contributed by atoms with van der Waals surface area (Å²) in [6, 6.07) is 16.4. The van der Waals surface area contributed by atoms with Gasteiger partial charge in [0.05, 0.1) is 30.4 Å². The first-order valence-electron chi connectivity index (χ1n) is 15.5. The van der Waals surface area contributed by atoms with Gasteiger partial charge >= 0.3 is 30.0 Å². The van der Waals surface area contributed by atoms with E-state index in [0.29, 0.717) is 5.56 Å². The molecule has 0 radical (unpaired) electrons. The van der Waals surface area contributed by atoms with Crippen LogP contribution in [0.4, 0.5) is 35.1 Å². The molecule has 0 saturated carbocycles. The Bertz CT molecular complexity index is 1510. The van der Waals surface area contributed by atoms with E-state index in [2.05, 4.69) is 11.7 Å². The molecule has 0 aromatic heterocycles. The van der Waals surface area contributed by atoms with Crippen LogP contribution in [0.15, 0.2) is 66.7 Å². The van der Waals surface area contributed by atoms with Gasteiger partial charge in [0.15, 0.2) is 11.6 Å². The van der Waals surface area contributed by atoms with Gasteiger partial charge in [0.2, 0.25) is 0 Å². The highest BCUT2D eigenvalue weighted by Gasteiger charge is 2.72. The lowest BCUT2D eigenvalue weighted by Gasteiger charge is -2.27. The van der Waals surface area contributed by atoms with E-state index in [1.54, 1.807) is 36.4 Å². The second kappa shape index (κ2) is 17.5. The Morgan fingerprint density at radius 3 is 1.94 bits per heavy atom. The zero-order chi connectivity index (χ0) is 36.2. The van der Waals surface area contributed by atoms with Gasteiger partial charge in [-0.15, -0.1) is 0 Å². The minimum Gasteiger partial charge on any atom is -0.490 e. The number of benzene rings is 3. The van der Waals surface area contributed by atoms with Crippen LogP contribution in [-0.4, -0.2) is 55.9 Å². The van der Waals surface area contributed by atoms with E-state index in [1.165, 1.54) is 18.2 Å². The predicted octanol–water partition coefficient (Wildman–Crippen LogP) is 9.85. The molecule has 0 fully saturated rings. The standard InChI is InChI=1S/C35H36F8O6/c1-3-4-5-6-8-23(2)48-31(44)26-11-9-24(10-12-26)25-13-16-28(17-14-25)49-32(45)27-15-18-30(29(36)21-27)47-20-7-19-46-22-33(37,38)34(39,40)35(41,42)43/h9-18,21,23H,3-8,19-20,22H2,1-2H3/t23-/m0/s1. The van der Waals surface area contributed by atoms with Crippen LogP contribution in [0.25, 0.3) is 11.1 Å². The third-order valence-electron chi connectivity index (χ3n) is 7.25. The molecule has 3 rings (SSSR count). The monoisotopic (exact) mass is 704 g/mol. The highest BCUT2D eigenvalue weighted by atomic mass is 19.4. The van der Waals surface area contributed by atoms with E-state index in [9.17, 15) is 44.7 Å². The summed E-state index contributed by atoms with van der Waals surface area (Å²) in [4.78, 5) is 25.0. The lowest BCUT2D eigenvalue weighted by molar-refractivity contribution is -0.361. The Morgan fingerprint density at radius 1 is 0.735 bits per heavy atom. The number of halogens is 8. The summed E-state index contributed by atoms with van der Waals surface area (Å²) in [6.07, 6.45) is -1.69. The Hall–Kier alpha value is -4.20. The molecule has 6 nitrogen and oxygen atoms in total. The van der Waals surface area contributed by atoms with E-state index in [1.807, 2.05) is 6.92 Å². The van der Waals surface area contributed by atoms with Crippen LogP contribution < -0.4 is 9.47 Å². The second-order valence-electron chi connectivity index (χ2n) is 11.2. The zero-order valence-electron chi connectivity index (χ0n) is 26.8. The number of hydrogen-bond acceptors (Lipinski definition) is 6. The van der Waals surface area contributed by atoms with E-state index >= 15 is 0 Å². The van der Waals surface area contributed by atoms with Crippen LogP contribution in [0.5, 0.6) is 11.5 Å². The number of esters is 2. The molecule has 0 heterocycles. The van der Waals surface area contributed by atoms with Gasteiger partial charge in [-0.05, 0) is 73.4 Å². The molecule has 3 aromatic rings. The van der Waals surface area contributed by atoms with E-state index in [4.69, 9.17) is 14.2 Å². The smallest absolute Gasteiger partial charge is 0.459 e. The molecule has 0 N–H and O–H groups in total. The summed E-state index contributed by atoms with van der Waals surface area (Å²) in [6.45, 7) is 0.790. The summed E-state index contributed by atoms with van der Waals surface area (Å²) >= 11 is 0. The van der Waals surface area contributed by atoms with Crippen molar-refractivity contribution in [3.63, 3.8) is 0 Å². The van der Waals surface area contributed by atoms with Gasteiger partial charge in [0.1, 0.15) is 12.4 Å². The van der Waals surface area contributed by atoms with Gasteiger partial charge in [-0.3, -0.25) is 0 Å². The summed E-state index contributed by atoms with van der Waals surface area (Å²) in [5.74, 6) is -14.2. The Balaban J connectivity index is 1.45. The maximum atomic E-state index is 14.5. The highest BCUT2D eigenvalue weighted by molar-refractivity contribution is 5.91. The molecule has 49 heavy (non-hydrogen) atoms. The fraction of sp³-hybridized carbons (Fsp3) is 0.429. The minimum atomic E-state index is -6.45. The van der Waals surface area contributed by atoms with Gasteiger partial charge in [-0.25, -0.2) is 14.0 Å². The van der Waals surface area contributed by atoms with Crippen LogP contribution >= 0.6 is 0 Å². The molecular weight excluding hydrogens is 668 g/mol. The number of carbonyl (C=O) groups is 2. The zero-order valence-corrected chi connectivity index (χ0v) is 26.8. The molecule has 3 aromatic carbocycles. The van der Waals surface area contributed by atoms with E-state index in [-0.39, 0.29) is 36.2 Å². The van der Waals surface area contributed by atoms with Gasteiger partial charge in [-0.2, -0.15) is 30.7 Å². The fourth-order valence-corrected chi connectivity index (χ4v) is 4.43. The average molecular weight is 705 g/mol. The largest absolute Gasteiger partial charge is 0.490 e. The molecule has 0 aliphatic heterocycles. The first kappa shape index (κ1) is 39.2. The normalized spacial score (nSPS) is 12.8. The number of carbonyl (C=O) groups excluding carboxylic acids is 2. The molecule has 268 valence electrons. The van der Waals surface area contributed by atoms with E-state index in [0.717, 1.165) is 55.4 Å². The number of rotatable bonds is 18. The Kier molecular flexibility index (Phi) is 14.0. The maximum Gasteiger partial charge on any atom is 0.459 e. The van der Waals surface area contributed by atoms with Crippen LogP contribution in [-0.2, 0) is 9.47 Å². The molecule has 0 aliphatic rings. The van der Waals surface area contributed by atoms with Crippen LogP contribution in [0.2, 0.25) is 0 Å². The topological polar surface area (TPSA) is 71.1 Å². The van der Waals surface area contributed by atoms with Crippen molar-refractivity contribution in [2.45, 2.75) is 76.5 Å². The number of unbranched alkanes of at least 4 members (excludes halogenated alkanes) is 3. The quantitative estimate of drug-likeness (QED) is 0.0569. The summed E-state index contributed by atoms with van der Waals surface area (Å²) in [5.41, 5.74) is 1.83. The van der Waals surface area contributed by atoms with Gasteiger partial charge in [0.25, 0.3) is 0 Å². The highest BCUT2D eigenvalue weighted by Crippen LogP contribution is 2.46. The molecule has 0 spiro atoms. The number of hydrogen-bond donors (Lipinski definition) is 0. The summed E-state index contributed by atoms with van der Waals surface area (Å²) in [5, 5.41) is 0. The molecule has 0 amide bonds. The molecular formula is C35H36F8O6. The Labute approximate surface area is 278 Å². The SMILES string of the molecule is CCCCCC[C@H](C)OC(=O)c1ccc(-c2ccc(OC(=O)c3ccc(OCCCOCC(F)(F)C(F)(F)C(F)(F)F)c(F)c3)cc2)cc1. The van der Waals surface area contributed by atoms with Gasteiger partial charge in [0, 0.05) is 6.42 Å². The molecule has 0 bridgehead atoms. The lowest BCUT2D eigenvalue weighted by atomic mass is 10.0. The van der Waals surface area contributed by atoms with Crippen molar-refractivity contribution < 1.29 is 63.7 Å². The van der Waals surface area contributed by atoms with Crippen molar-refractivity contribution in [2.24, 2.45) is 0 Å². The molecule has 0 unspecified atom stereocenters. The number of ether oxygens (including phenoxy) is 4. The molecule has 0 saturated heterocycles.